The Morgan fingerprint density at radius 2 is 1.18 bits per heavy atom. The van der Waals surface area contributed by atoms with E-state index in [0.29, 0.717) is 12.1 Å². The van der Waals surface area contributed by atoms with Gasteiger partial charge in [-0.3, -0.25) is 4.79 Å². The van der Waals surface area contributed by atoms with E-state index in [9.17, 15) is 36.2 Å². The average Bonchev–Trinajstić information content (AvgIpc) is 2.38. The van der Waals surface area contributed by atoms with Crippen molar-refractivity contribution < 1.29 is 36.2 Å². The van der Waals surface area contributed by atoms with Gasteiger partial charge in [0.05, 0.1) is 16.5 Å². The van der Waals surface area contributed by atoms with Crippen LogP contribution in [-0.2, 0) is 22.6 Å². The van der Waals surface area contributed by atoms with Crippen LogP contribution >= 0.6 is 0 Å². The molecule has 124 valence electrons. The predicted molar refractivity (Wildman–Crippen MR) is 66.3 cm³/mol. The Balaban J connectivity index is 3.70. The molecule has 1 aromatic carbocycles. The molecule has 0 heterocycles. The van der Waals surface area contributed by atoms with Gasteiger partial charge < -0.3 is 5.11 Å². The molecule has 1 N–H and O–H groups in total. The fraction of sp³-hybridized carbons (Fsp3) is 0.500. The summed E-state index contributed by atoms with van der Waals surface area (Å²) in [4.78, 5) is 11.4. The highest BCUT2D eigenvalue weighted by Gasteiger charge is 2.42. The third kappa shape index (κ3) is 3.36. The molecule has 0 saturated heterocycles. The monoisotopic (exact) mass is 328 g/mol. The second-order valence-electron chi connectivity index (χ2n) is 4.89. The molecule has 0 saturated carbocycles. The van der Waals surface area contributed by atoms with Crippen molar-refractivity contribution in [2.75, 3.05) is 0 Å². The summed E-state index contributed by atoms with van der Waals surface area (Å²) in [6.07, 6.45) is -10.3. The number of carboxylic acids is 1. The van der Waals surface area contributed by atoms with Gasteiger partial charge in [-0.05, 0) is 36.6 Å². The first-order chi connectivity index (χ1) is 9.88. The Bertz CT molecular complexity index is 523. The van der Waals surface area contributed by atoms with E-state index in [-0.39, 0.29) is 18.9 Å². The zero-order valence-corrected chi connectivity index (χ0v) is 11.8. The molecule has 0 aromatic heterocycles. The fourth-order valence-electron chi connectivity index (χ4n) is 2.32. The standard InChI is InChI=1S/C14H14F6O2/c1-3-12(4-2,11(21)22)8-5-9(13(15,16)17)7-10(6-8)14(18,19)20/h5-7H,3-4H2,1-2H3,(H,21,22). The highest BCUT2D eigenvalue weighted by Crippen LogP contribution is 2.41. The van der Waals surface area contributed by atoms with Gasteiger partial charge in [0.25, 0.3) is 0 Å². The number of hydrogen-bond donors (Lipinski definition) is 1. The van der Waals surface area contributed by atoms with Crippen molar-refractivity contribution in [3.05, 3.63) is 34.9 Å². The van der Waals surface area contributed by atoms with Crippen LogP contribution in [0.1, 0.15) is 43.4 Å². The van der Waals surface area contributed by atoms with E-state index < -0.39 is 40.4 Å². The van der Waals surface area contributed by atoms with Crippen molar-refractivity contribution in [1.82, 2.24) is 0 Å². The van der Waals surface area contributed by atoms with Crippen LogP contribution in [0, 0.1) is 0 Å². The van der Waals surface area contributed by atoms with Crippen molar-refractivity contribution >= 4 is 5.97 Å². The Morgan fingerprint density at radius 1 is 0.864 bits per heavy atom. The summed E-state index contributed by atoms with van der Waals surface area (Å²) in [6.45, 7) is 2.82. The summed E-state index contributed by atoms with van der Waals surface area (Å²) in [7, 11) is 0. The largest absolute Gasteiger partial charge is 0.481 e. The zero-order valence-electron chi connectivity index (χ0n) is 11.8. The van der Waals surface area contributed by atoms with Gasteiger partial charge in [-0.2, -0.15) is 26.3 Å². The molecular weight excluding hydrogens is 314 g/mol. The minimum absolute atomic E-state index is 0.0125. The van der Waals surface area contributed by atoms with Gasteiger partial charge in [-0.25, -0.2) is 0 Å². The molecule has 0 aliphatic rings. The van der Waals surface area contributed by atoms with Gasteiger partial charge in [-0.1, -0.05) is 13.8 Å². The first kappa shape index (κ1) is 18.3. The molecule has 22 heavy (non-hydrogen) atoms. The topological polar surface area (TPSA) is 37.3 Å². The van der Waals surface area contributed by atoms with Gasteiger partial charge in [0.15, 0.2) is 0 Å². The molecule has 2 nitrogen and oxygen atoms in total. The smallest absolute Gasteiger partial charge is 0.416 e. The van der Waals surface area contributed by atoms with Gasteiger partial charge in [0.1, 0.15) is 0 Å². The van der Waals surface area contributed by atoms with Crippen molar-refractivity contribution in [2.24, 2.45) is 0 Å². The van der Waals surface area contributed by atoms with Crippen LogP contribution in [0.25, 0.3) is 0 Å². The van der Waals surface area contributed by atoms with Gasteiger partial charge in [0.2, 0.25) is 0 Å². The summed E-state index contributed by atoms with van der Waals surface area (Å²) in [5.74, 6) is -1.45. The second-order valence-corrected chi connectivity index (χ2v) is 4.89. The maximum absolute atomic E-state index is 12.8. The first-order valence-electron chi connectivity index (χ1n) is 6.41. The number of halogens is 6. The molecule has 0 radical (unpaired) electrons. The minimum atomic E-state index is -5.00. The van der Waals surface area contributed by atoms with Gasteiger partial charge in [-0.15, -0.1) is 0 Å². The number of benzene rings is 1. The highest BCUT2D eigenvalue weighted by atomic mass is 19.4. The molecule has 0 amide bonds. The van der Waals surface area contributed by atoms with Crippen LogP contribution in [0.15, 0.2) is 18.2 Å². The lowest BCUT2D eigenvalue weighted by Crippen LogP contribution is -2.35. The van der Waals surface area contributed by atoms with Crippen molar-refractivity contribution in [1.29, 1.82) is 0 Å². The molecule has 1 rings (SSSR count). The zero-order chi connectivity index (χ0) is 17.3. The first-order valence-corrected chi connectivity index (χ1v) is 6.41. The number of rotatable bonds is 4. The average molecular weight is 328 g/mol. The third-order valence-corrected chi connectivity index (χ3v) is 3.76. The fourth-order valence-corrected chi connectivity index (χ4v) is 2.32. The van der Waals surface area contributed by atoms with E-state index in [1.165, 1.54) is 13.8 Å². The number of carbonyl (C=O) groups is 1. The van der Waals surface area contributed by atoms with Crippen LogP contribution < -0.4 is 0 Å². The van der Waals surface area contributed by atoms with Crippen molar-refractivity contribution in [2.45, 2.75) is 44.5 Å². The van der Waals surface area contributed by atoms with Gasteiger partial charge in [0, 0.05) is 0 Å². The highest BCUT2D eigenvalue weighted by molar-refractivity contribution is 5.81. The third-order valence-electron chi connectivity index (χ3n) is 3.76. The second kappa shape index (κ2) is 5.81. The molecule has 0 fully saturated rings. The molecule has 0 aliphatic carbocycles. The van der Waals surface area contributed by atoms with E-state index in [0.717, 1.165) is 0 Å². The van der Waals surface area contributed by atoms with Crippen LogP contribution in [-0.4, -0.2) is 11.1 Å². The van der Waals surface area contributed by atoms with Crippen LogP contribution in [0.3, 0.4) is 0 Å². The molecule has 8 heteroatoms. The predicted octanol–water partition coefficient (Wildman–Crippen LogP) is 4.87. The van der Waals surface area contributed by atoms with Crippen LogP contribution in [0.4, 0.5) is 26.3 Å². The lowest BCUT2D eigenvalue weighted by Gasteiger charge is -2.29. The summed E-state index contributed by atoms with van der Waals surface area (Å²) < 4.78 is 76.9. The quantitative estimate of drug-likeness (QED) is 0.801. The Labute approximate surface area is 122 Å². The SMILES string of the molecule is CCC(CC)(C(=O)O)c1cc(C(F)(F)F)cc(C(F)(F)F)c1. The minimum Gasteiger partial charge on any atom is -0.481 e. The Morgan fingerprint density at radius 3 is 1.41 bits per heavy atom. The molecule has 0 atom stereocenters. The lowest BCUT2D eigenvalue weighted by atomic mass is 9.75. The molecule has 0 spiro atoms. The molecule has 0 aliphatic heterocycles. The summed E-state index contributed by atoms with van der Waals surface area (Å²) in [5, 5.41) is 9.30. The van der Waals surface area contributed by atoms with E-state index >= 15 is 0 Å². The maximum atomic E-state index is 12.8. The molecule has 1 aromatic rings. The van der Waals surface area contributed by atoms with Crippen LogP contribution in [0.2, 0.25) is 0 Å². The maximum Gasteiger partial charge on any atom is 0.416 e. The molecular formula is C14H14F6O2. The Kier molecular flexibility index (Phi) is 4.84. The molecule has 0 unspecified atom stereocenters. The van der Waals surface area contributed by atoms with E-state index in [4.69, 9.17) is 0 Å². The van der Waals surface area contributed by atoms with E-state index in [1.54, 1.807) is 0 Å². The van der Waals surface area contributed by atoms with Gasteiger partial charge >= 0.3 is 18.3 Å². The summed E-state index contributed by atoms with van der Waals surface area (Å²) in [6, 6.07) is 0.953. The van der Waals surface area contributed by atoms with E-state index in [2.05, 4.69) is 0 Å². The number of carboxylic acid groups (broad SMARTS) is 1. The summed E-state index contributed by atoms with van der Waals surface area (Å²) in [5.41, 5.74) is -5.30. The number of aliphatic carboxylic acids is 1. The van der Waals surface area contributed by atoms with Crippen molar-refractivity contribution in [3.8, 4) is 0 Å². The number of alkyl halides is 6. The lowest BCUT2D eigenvalue weighted by molar-refractivity contribution is -0.146. The van der Waals surface area contributed by atoms with E-state index in [1.807, 2.05) is 0 Å². The summed E-state index contributed by atoms with van der Waals surface area (Å²) >= 11 is 0. The van der Waals surface area contributed by atoms with Crippen molar-refractivity contribution in [3.63, 3.8) is 0 Å². The Hall–Kier alpha value is -1.73. The molecule has 0 bridgehead atoms. The normalized spacial score (nSPS) is 13.3. The van der Waals surface area contributed by atoms with Crippen LogP contribution in [0.5, 0.6) is 0 Å². The number of hydrogen-bond acceptors (Lipinski definition) is 1.